The molecule has 2 aromatic rings. The number of benzene rings is 1. The third-order valence-corrected chi connectivity index (χ3v) is 4.61. The Kier molecular flexibility index (Phi) is 3.24. The quantitative estimate of drug-likeness (QED) is 0.817. The molecule has 0 amide bonds. The molecule has 1 aliphatic heterocycles. The van der Waals surface area contributed by atoms with E-state index < -0.39 is 12.1 Å². The molecule has 0 saturated carbocycles. The minimum Gasteiger partial charge on any atom is -0.395 e. The Labute approximate surface area is 118 Å². The Bertz CT molecular complexity index is 615. The lowest BCUT2D eigenvalue weighted by Crippen LogP contribution is -2.39. The van der Waals surface area contributed by atoms with E-state index in [1.54, 1.807) is 5.51 Å². The van der Waals surface area contributed by atoms with Crippen LogP contribution in [0.2, 0.25) is 0 Å². The first-order valence-corrected chi connectivity index (χ1v) is 7.28. The number of halogens is 3. The summed E-state index contributed by atoms with van der Waals surface area (Å²) in [5.41, 5.74) is 9.92. The van der Waals surface area contributed by atoms with Gasteiger partial charge in [-0.15, -0.1) is 11.3 Å². The molecule has 108 valence electrons. The fourth-order valence-electron chi connectivity index (χ4n) is 2.66. The van der Waals surface area contributed by atoms with Crippen LogP contribution >= 0.6 is 11.3 Å². The van der Waals surface area contributed by atoms with E-state index in [-0.39, 0.29) is 12.8 Å². The Balaban J connectivity index is 1.81. The lowest BCUT2D eigenvalue weighted by molar-refractivity contribution is -0.179. The number of fused-ring (bicyclic) bond motifs is 1. The van der Waals surface area contributed by atoms with Crippen molar-refractivity contribution in [3.05, 3.63) is 17.6 Å². The van der Waals surface area contributed by atoms with Crippen molar-refractivity contribution in [1.82, 2.24) is 4.98 Å². The molecule has 3 nitrogen and oxygen atoms in total. The first-order chi connectivity index (χ1) is 9.47. The molecule has 1 aliphatic rings. The first-order valence-electron chi connectivity index (χ1n) is 6.40. The molecular weight excluding hydrogens is 287 g/mol. The van der Waals surface area contributed by atoms with Crippen molar-refractivity contribution in [2.45, 2.75) is 19.0 Å². The van der Waals surface area contributed by atoms with E-state index in [0.29, 0.717) is 18.8 Å². The zero-order valence-corrected chi connectivity index (χ0v) is 11.5. The second-order valence-corrected chi connectivity index (χ2v) is 5.89. The number of rotatable bonds is 1. The summed E-state index contributed by atoms with van der Waals surface area (Å²) >= 11 is 1.50. The summed E-state index contributed by atoms with van der Waals surface area (Å²) in [4.78, 5) is 6.14. The number of hydrogen-bond donors (Lipinski definition) is 1. The van der Waals surface area contributed by atoms with Crippen molar-refractivity contribution in [1.29, 1.82) is 0 Å². The minimum atomic E-state index is -4.09. The van der Waals surface area contributed by atoms with Gasteiger partial charge in [-0.1, -0.05) is 0 Å². The normalized spacial score (nSPS) is 17.9. The molecule has 1 aromatic heterocycles. The topological polar surface area (TPSA) is 42.1 Å². The second kappa shape index (κ2) is 4.80. The van der Waals surface area contributed by atoms with Gasteiger partial charge in [0.05, 0.1) is 27.5 Å². The van der Waals surface area contributed by atoms with Crippen LogP contribution in [0.1, 0.15) is 12.8 Å². The van der Waals surface area contributed by atoms with Gasteiger partial charge in [0.25, 0.3) is 0 Å². The Morgan fingerprint density at radius 3 is 2.60 bits per heavy atom. The van der Waals surface area contributed by atoms with E-state index in [1.807, 2.05) is 17.0 Å². The molecule has 2 N–H and O–H groups in total. The SMILES string of the molecule is Nc1c(N2CCC(C(F)(F)F)CC2)ccc2scnc12. The van der Waals surface area contributed by atoms with Crippen molar-refractivity contribution in [2.75, 3.05) is 23.7 Å². The molecule has 3 rings (SSSR count). The van der Waals surface area contributed by atoms with Crippen LogP contribution in [0.5, 0.6) is 0 Å². The number of hydrogen-bond acceptors (Lipinski definition) is 4. The first kappa shape index (κ1) is 13.5. The van der Waals surface area contributed by atoms with Crippen molar-refractivity contribution < 1.29 is 13.2 Å². The largest absolute Gasteiger partial charge is 0.395 e. The van der Waals surface area contributed by atoms with Crippen molar-refractivity contribution in [2.24, 2.45) is 5.92 Å². The molecule has 0 atom stereocenters. The average molecular weight is 301 g/mol. The van der Waals surface area contributed by atoms with E-state index in [9.17, 15) is 13.2 Å². The summed E-state index contributed by atoms with van der Waals surface area (Å²) in [6.45, 7) is 0.758. The van der Waals surface area contributed by atoms with E-state index >= 15 is 0 Å². The predicted octanol–water partition coefficient (Wildman–Crippen LogP) is 3.66. The van der Waals surface area contributed by atoms with E-state index in [4.69, 9.17) is 5.73 Å². The second-order valence-electron chi connectivity index (χ2n) is 5.00. The fraction of sp³-hybridized carbons (Fsp3) is 0.462. The van der Waals surface area contributed by atoms with Gasteiger partial charge in [-0.3, -0.25) is 0 Å². The predicted molar refractivity (Wildman–Crippen MR) is 75.0 cm³/mol. The molecule has 0 bridgehead atoms. The maximum Gasteiger partial charge on any atom is 0.391 e. The maximum atomic E-state index is 12.7. The van der Waals surface area contributed by atoms with Gasteiger partial charge in [-0.05, 0) is 25.0 Å². The molecule has 1 fully saturated rings. The molecule has 0 radical (unpaired) electrons. The minimum absolute atomic E-state index is 0.123. The number of aromatic nitrogens is 1. The number of nitrogens with zero attached hydrogens (tertiary/aromatic N) is 2. The lowest BCUT2D eigenvalue weighted by atomic mass is 9.96. The summed E-state index contributed by atoms with van der Waals surface area (Å²) < 4.78 is 39.0. The van der Waals surface area contributed by atoms with Crippen molar-refractivity contribution in [3.8, 4) is 0 Å². The van der Waals surface area contributed by atoms with Crippen LogP contribution in [0.25, 0.3) is 10.2 Å². The van der Waals surface area contributed by atoms with Gasteiger partial charge in [-0.25, -0.2) is 4.98 Å². The number of piperidine rings is 1. The molecule has 2 heterocycles. The van der Waals surface area contributed by atoms with E-state index in [0.717, 1.165) is 15.9 Å². The maximum absolute atomic E-state index is 12.7. The van der Waals surface area contributed by atoms with Crippen molar-refractivity contribution in [3.63, 3.8) is 0 Å². The van der Waals surface area contributed by atoms with Gasteiger partial charge in [0, 0.05) is 13.1 Å². The van der Waals surface area contributed by atoms with Gasteiger partial charge < -0.3 is 10.6 Å². The van der Waals surface area contributed by atoms with Crippen LogP contribution in [0.15, 0.2) is 17.6 Å². The van der Waals surface area contributed by atoms with Crippen LogP contribution in [-0.4, -0.2) is 24.2 Å². The zero-order chi connectivity index (χ0) is 14.3. The fourth-order valence-corrected chi connectivity index (χ4v) is 3.36. The number of anilines is 2. The van der Waals surface area contributed by atoms with E-state index in [2.05, 4.69) is 4.98 Å². The molecule has 0 spiro atoms. The highest BCUT2D eigenvalue weighted by Gasteiger charge is 2.41. The Morgan fingerprint density at radius 2 is 1.95 bits per heavy atom. The molecule has 20 heavy (non-hydrogen) atoms. The highest BCUT2D eigenvalue weighted by Crippen LogP contribution is 2.38. The molecule has 7 heteroatoms. The number of nitrogens with two attached hydrogens (primary N) is 1. The standard InChI is InChI=1S/C13H14F3N3S/c14-13(15,16)8-3-5-19(6-4-8)9-1-2-10-12(11(9)17)18-7-20-10/h1-2,7-8H,3-6,17H2. The van der Waals surface area contributed by atoms with Crippen LogP contribution in [0, 0.1) is 5.92 Å². The smallest absolute Gasteiger partial charge is 0.391 e. The van der Waals surface area contributed by atoms with Crippen molar-refractivity contribution >= 4 is 32.9 Å². The van der Waals surface area contributed by atoms with E-state index in [1.165, 1.54) is 11.3 Å². The van der Waals surface area contributed by atoms with Crippen LogP contribution < -0.4 is 10.6 Å². The molecule has 0 aliphatic carbocycles. The van der Waals surface area contributed by atoms with Gasteiger partial charge >= 0.3 is 6.18 Å². The Morgan fingerprint density at radius 1 is 1.25 bits per heavy atom. The van der Waals surface area contributed by atoms with Gasteiger partial charge in [0.2, 0.25) is 0 Å². The zero-order valence-electron chi connectivity index (χ0n) is 10.7. The highest BCUT2D eigenvalue weighted by molar-refractivity contribution is 7.16. The summed E-state index contributed by atoms with van der Waals surface area (Å²) in [6, 6.07) is 3.80. The lowest BCUT2D eigenvalue weighted by Gasteiger charge is -2.35. The third kappa shape index (κ3) is 2.30. The summed E-state index contributed by atoms with van der Waals surface area (Å²) in [5.74, 6) is -1.19. The number of alkyl halides is 3. The number of nitrogen functional groups attached to an aromatic ring is 1. The van der Waals surface area contributed by atoms with Gasteiger partial charge in [0.1, 0.15) is 5.52 Å². The summed E-state index contributed by atoms with van der Waals surface area (Å²) in [7, 11) is 0. The third-order valence-electron chi connectivity index (χ3n) is 3.82. The van der Waals surface area contributed by atoms with Crippen LogP contribution in [0.4, 0.5) is 24.5 Å². The summed E-state index contributed by atoms with van der Waals surface area (Å²) in [5, 5.41) is 0. The highest BCUT2D eigenvalue weighted by atomic mass is 32.1. The molecule has 1 saturated heterocycles. The Hall–Kier alpha value is -1.50. The monoisotopic (exact) mass is 301 g/mol. The van der Waals surface area contributed by atoms with Gasteiger partial charge in [0.15, 0.2) is 0 Å². The summed E-state index contributed by atoms with van der Waals surface area (Å²) in [6.07, 6.45) is -3.84. The molecule has 1 aromatic carbocycles. The molecule has 0 unspecified atom stereocenters. The van der Waals surface area contributed by atoms with Crippen LogP contribution in [-0.2, 0) is 0 Å². The average Bonchev–Trinajstić information content (AvgIpc) is 2.88. The number of thiazole rings is 1. The van der Waals surface area contributed by atoms with Gasteiger partial charge in [-0.2, -0.15) is 13.2 Å². The van der Waals surface area contributed by atoms with Crippen LogP contribution in [0.3, 0.4) is 0 Å². The molecular formula is C13H14F3N3S.